The van der Waals surface area contributed by atoms with Crippen molar-refractivity contribution in [3.8, 4) is 0 Å². The maximum Gasteiger partial charge on any atom is 0.238 e. The Hall–Kier alpha value is -0.950. The van der Waals surface area contributed by atoms with Gasteiger partial charge in [0.1, 0.15) is 0 Å². The van der Waals surface area contributed by atoms with Crippen LogP contribution in [-0.2, 0) is 16.6 Å². The largest absolute Gasteiger partial charge is 0.396 e. The Bertz CT molecular complexity index is 498. The molecular formula is C12H20N2O3S. The molecule has 0 atom stereocenters. The van der Waals surface area contributed by atoms with Crippen molar-refractivity contribution in [2.45, 2.75) is 25.3 Å². The smallest absolute Gasteiger partial charge is 0.238 e. The zero-order valence-electron chi connectivity index (χ0n) is 10.7. The first-order valence-corrected chi connectivity index (χ1v) is 7.22. The third-order valence-corrected chi connectivity index (χ3v) is 3.50. The summed E-state index contributed by atoms with van der Waals surface area (Å²) in [7, 11) is -3.65. The van der Waals surface area contributed by atoms with Gasteiger partial charge >= 0.3 is 0 Å². The number of aliphatic hydroxyl groups is 1. The van der Waals surface area contributed by atoms with Gasteiger partial charge < -0.3 is 10.4 Å². The van der Waals surface area contributed by atoms with Crippen molar-refractivity contribution in [2.24, 2.45) is 10.6 Å². The number of primary sulfonamides is 1. The molecule has 1 aromatic carbocycles. The van der Waals surface area contributed by atoms with Gasteiger partial charge in [-0.25, -0.2) is 13.6 Å². The Morgan fingerprint density at radius 1 is 1.39 bits per heavy atom. The average molecular weight is 272 g/mol. The molecular weight excluding hydrogens is 252 g/mol. The van der Waals surface area contributed by atoms with Crippen molar-refractivity contribution in [3.63, 3.8) is 0 Å². The molecule has 0 aromatic heterocycles. The van der Waals surface area contributed by atoms with Crippen LogP contribution in [0.2, 0.25) is 0 Å². The summed E-state index contributed by atoms with van der Waals surface area (Å²) in [5.74, 6) is 0. The van der Waals surface area contributed by atoms with Gasteiger partial charge in [0.2, 0.25) is 10.0 Å². The van der Waals surface area contributed by atoms with E-state index in [1.165, 1.54) is 6.07 Å². The number of aliphatic hydroxyl groups excluding tert-OH is 1. The van der Waals surface area contributed by atoms with Crippen LogP contribution in [0, 0.1) is 5.41 Å². The molecule has 0 bridgehead atoms. The molecule has 0 spiro atoms. The van der Waals surface area contributed by atoms with Crippen molar-refractivity contribution in [1.29, 1.82) is 0 Å². The predicted octanol–water partition coefficient (Wildman–Crippen LogP) is 0.442. The van der Waals surface area contributed by atoms with Gasteiger partial charge in [0, 0.05) is 25.1 Å². The third kappa shape index (κ3) is 4.73. The number of sulfonamides is 1. The summed E-state index contributed by atoms with van der Waals surface area (Å²) in [6.07, 6.45) is 0. The molecule has 5 nitrogen and oxygen atoms in total. The molecule has 1 rings (SSSR count). The first-order valence-electron chi connectivity index (χ1n) is 5.68. The van der Waals surface area contributed by atoms with Crippen LogP contribution < -0.4 is 10.5 Å². The predicted molar refractivity (Wildman–Crippen MR) is 70.4 cm³/mol. The summed E-state index contributed by atoms with van der Waals surface area (Å²) in [6.45, 7) is 5.16. The molecule has 0 radical (unpaired) electrons. The molecule has 0 heterocycles. The SMILES string of the molecule is CC(C)(CO)CNCc1cccc(S(N)(=O)=O)c1. The quantitative estimate of drug-likeness (QED) is 0.700. The van der Waals surface area contributed by atoms with Gasteiger partial charge in [0.15, 0.2) is 0 Å². The fourth-order valence-corrected chi connectivity index (χ4v) is 2.02. The minimum atomic E-state index is -3.65. The van der Waals surface area contributed by atoms with Gasteiger partial charge in [-0.05, 0) is 17.7 Å². The van der Waals surface area contributed by atoms with Crippen molar-refractivity contribution in [2.75, 3.05) is 13.2 Å². The van der Waals surface area contributed by atoms with Crippen LogP contribution in [0.1, 0.15) is 19.4 Å². The molecule has 0 aliphatic rings. The molecule has 18 heavy (non-hydrogen) atoms. The second-order valence-electron chi connectivity index (χ2n) is 5.12. The Kier molecular flexibility index (Phi) is 4.86. The zero-order valence-corrected chi connectivity index (χ0v) is 11.5. The molecule has 0 amide bonds. The van der Waals surface area contributed by atoms with E-state index in [2.05, 4.69) is 5.32 Å². The van der Waals surface area contributed by atoms with Crippen LogP contribution in [0.5, 0.6) is 0 Å². The molecule has 0 aliphatic carbocycles. The van der Waals surface area contributed by atoms with Crippen LogP contribution in [0.15, 0.2) is 29.2 Å². The average Bonchev–Trinajstić information content (AvgIpc) is 2.28. The topological polar surface area (TPSA) is 92.4 Å². The molecule has 0 fully saturated rings. The minimum Gasteiger partial charge on any atom is -0.396 e. The summed E-state index contributed by atoms with van der Waals surface area (Å²) in [5, 5.41) is 17.3. The van der Waals surface area contributed by atoms with Crippen LogP contribution in [0.25, 0.3) is 0 Å². The van der Waals surface area contributed by atoms with E-state index < -0.39 is 10.0 Å². The highest BCUT2D eigenvalue weighted by Crippen LogP contribution is 2.13. The minimum absolute atomic E-state index is 0.0945. The maximum absolute atomic E-state index is 11.2. The fraction of sp³-hybridized carbons (Fsp3) is 0.500. The summed E-state index contributed by atoms with van der Waals surface area (Å²) in [6, 6.07) is 6.51. The third-order valence-electron chi connectivity index (χ3n) is 2.59. The molecule has 102 valence electrons. The first kappa shape index (κ1) is 15.1. The number of hydrogen-bond acceptors (Lipinski definition) is 4. The van der Waals surface area contributed by atoms with E-state index >= 15 is 0 Å². The summed E-state index contributed by atoms with van der Waals surface area (Å²) >= 11 is 0. The number of rotatable bonds is 6. The van der Waals surface area contributed by atoms with Crippen LogP contribution in [0.4, 0.5) is 0 Å². The molecule has 0 unspecified atom stereocenters. The van der Waals surface area contributed by atoms with Gasteiger partial charge in [-0.1, -0.05) is 26.0 Å². The van der Waals surface area contributed by atoms with Crippen LogP contribution >= 0.6 is 0 Å². The Balaban J connectivity index is 2.64. The lowest BCUT2D eigenvalue weighted by molar-refractivity contribution is 0.156. The first-order chi connectivity index (χ1) is 8.24. The molecule has 1 aromatic rings. The number of hydrogen-bond donors (Lipinski definition) is 3. The lowest BCUT2D eigenvalue weighted by Crippen LogP contribution is -2.31. The van der Waals surface area contributed by atoms with E-state index in [1.807, 2.05) is 19.9 Å². The highest BCUT2D eigenvalue weighted by atomic mass is 32.2. The lowest BCUT2D eigenvalue weighted by Gasteiger charge is -2.22. The highest BCUT2D eigenvalue weighted by Gasteiger charge is 2.15. The summed E-state index contributed by atoms with van der Waals surface area (Å²) in [4.78, 5) is 0.114. The van der Waals surface area contributed by atoms with E-state index in [0.29, 0.717) is 13.1 Å². The van der Waals surface area contributed by atoms with Gasteiger partial charge in [-0.2, -0.15) is 0 Å². The van der Waals surface area contributed by atoms with E-state index in [1.54, 1.807) is 12.1 Å². The van der Waals surface area contributed by atoms with Crippen LogP contribution in [-0.4, -0.2) is 26.7 Å². The molecule has 0 saturated heterocycles. The van der Waals surface area contributed by atoms with Gasteiger partial charge in [0.25, 0.3) is 0 Å². The van der Waals surface area contributed by atoms with Gasteiger partial charge in [-0.15, -0.1) is 0 Å². The normalized spacial score (nSPS) is 12.7. The fourth-order valence-electron chi connectivity index (χ4n) is 1.43. The Labute approximate surface area is 108 Å². The van der Waals surface area contributed by atoms with Crippen molar-refractivity contribution >= 4 is 10.0 Å². The summed E-state index contributed by atoms with van der Waals surface area (Å²) < 4.78 is 22.4. The summed E-state index contributed by atoms with van der Waals surface area (Å²) in [5.41, 5.74) is 0.646. The van der Waals surface area contributed by atoms with E-state index in [4.69, 9.17) is 10.2 Å². The van der Waals surface area contributed by atoms with E-state index in [9.17, 15) is 8.42 Å². The van der Waals surface area contributed by atoms with Crippen molar-refractivity contribution in [1.82, 2.24) is 5.32 Å². The molecule has 4 N–H and O–H groups in total. The van der Waals surface area contributed by atoms with E-state index in [0.717, 1.165) is 5.56 Å². The van der Waals surface area contributed by atoms with Gasteiger partial charge in [0.05, 0.1) is 4.90 Å². The number of nitrogens with two attached hydrogens (primary N) is 1. The zero-order chi connectivity index (χ0) is 13.8. The monoisotopic (exact) mass is 272 g/mol. The number of benzene rings is 1. The standard InChI is InChI=1S/C12H20N2O3S/c1-12(2,9-15)8-14-7-10-4-3-5-11(6-10)18(13,16)17/h3-6,14-15H,7-9H2,1-2H3,(H2,13,16,17). The van der Waals surface area contributed by atoms with E-state index in [-0.39, 0.29) is 16.9 Å². The maximum atomic E-state index is 11.2. The van der Waals surface area contributed by atoms with Crippen molar-refractivity contribution < 1.29 is 13.5 Å². The van der Waals surface area contributed by atoms with Gasteiger partial charge in [-0.3, -0.25) is 0 Å². The molecule has 0 saturated carbocycles. The lowest BCUT2D eigenvalue weighted by atomic mass is 9.95. The Morgan fingerprint density at radius 3 is 2.61 bits per heavy atom. The van der Waals surface area contributed by atoms with Crippen LogP contribution in [0.3, 0.4) is 0 Å². The molecule has 6 heteroatoms. The Morgan fingerprint density at radius 2 is 2.06 bits per heavy atom. The number of nitrogens with one attached hydrogen (secondary N) is 1. The molecule has 0 aliphatic heterocycles. The second-order valence-corrected chi connectivity index (χ2v) is 6.68. The van der Waals surface area contributed by atoms with Crippen molar-refractivity contribution in [3.05, 3.63) is 29.8 Å². The second kappa shape index (κ2) is 5.79. The highest BCUT2D eigenvalue weighted by molar-refractivity contribution is 7.89.